The zero-order chi connectivity index (χ0) is 14.3. The topological polar surface area (TPSA) is 101 Å². The average molecular weight is 260 g/mol. The van der Waals surface area contributed by atoms with Crippen molar-refractivity contribution in [2.45, 2.75) is 45.8 Å². The predicted molar refractivity (Wildman–Crippen MR) is 62.7 cm³/mol. The predicted octanol–water partition coefficient (Wildman–Crippen LogP) is -0.154. The molecule has 0 saturated heterocycles. The minimum atomic E-state index is -1.55. The monoisotopic (exact) mass is 260 g/mol. The second kappa shape index (κ2) is 7.94. The number of carbonyl (C=O) groups excluding carboxylic acids is 3. The largest absolute Gasteiger partial charge is 0.465 e. The molecule has 0 aliphatic rings. The summed E-state index contributed by atoms with van der Waals surface area (Å²) in [6.45, 7) is 4.39. The average Bonchev–Trinajstić information content (AvgIpc) is 2.14. The first kappa shape index (κ1) is 16.7. The molecule has 104 valence electrons. The molecule has 0 unspecified atom stereocenters. The van der Waals surface area contributed by atoms with Crippen LogP contribution in [-0.4, -0.2) is 46.6 Å². The van der Waals surface area contributed by atoms with Gasteiger partial charge in [0.05, 0.1) is 18.8 Å². The van der Waals surface area contributed by atoms with Gasteiger partial charge in [0.25, 0.3) is 0 Å². The van der Waals surface area contributed by atoms with Crippen LogP contribution in [0.5, 0.6) is 0 Å². The smallest absolute Gasteiger partial charge is 0.324 e. The molecule has 0 saturated carbocycles. The summed E-state index contributed by atoms with van der Waals surface area (Å²) in [4.78, 5) is 35.0. The molecule has 0 amide bonds. The van der Waals surface area contributed by atoms with Gasteiger partial charge >= 0.3 is 5.97 Å². The van der Waals surface area contributed by atoms with E-state index < -0.39 is 35.7 Å². The molecule has 0 radical (unpaired) electrons. The van der Waals surface area contributed by atoms with Crippen LogP contribution >= 0.6 is 0 Å². The van der Waals surface area contributed by atoms with Crippen molar-refractivity contribution in [2.75, 3.05) is 6.61 Å². The highest BCUT2D eigenvalue weighted by Gasteiger charge is 2.35. The van der Waals surface area contributed by atoms with Gasteiger partial charge in [-0.3, -0.25) is 14.4 Å². The molecule has 0 heterocycles. The summed E-state index contributed by atoms with van der Waals surface area (Å²) in [5.41, 5.74) is 0. The molecular weight excluding hydrogens is 240 g/mol. The maximum absolute atomic E-state index is 11.7. The van der Waals surface area contributed by atoms with Gasteiger partial charge < -0.3 is 14.9 Å². The Balaban J connectivity index is 4.87. The van der Waals surface area contributed by atoms with Gasteiger partial charge in [0.2, 0.25) is 0 Å². The van der Waals surface area contributed by atoms with Crippen LogP contribution < -0.4 is 0 Å². The van der Waals surface area contributed by atoms with Crippen LogP contribution in [0.15, 0.2) is 0 Å². The van der Waals surface area contributed by atoms with E-state index in [-0.39, 0.29) is 19.4 Å². The van der Waals surface area contributed by atoms with Crippen molar-refractivity contribution in [3.05, 3.63) is 0 Å². The molecule has 18 heavy (non-hydrogen) atoms. The van der Waals surface area contributed by atoms with E-state index in [0.29, 0.717) is 0 Å². The third kappa shape index (κ3) is 5.88. The Bertz CT molecular complexity index is 286. The summed E-state index contributed by atoms with van der Waals surface area (Å²) in [5.74, 6) is -3.84. The Morgan fingerprint density at radius 1 is 1.00 bits per heavy atom. The van der Waals surface area contributed by atoms with Crippen LogP contribution in [0.3, 0.4) is 0 Å². The van der Waals surface area contributed by atoms with E-state index in [1.807, 2.05) is 0 Å². The lowest BCUT2D eigenvalue weighted by atomic mass is 9.92. The first-order valence-corrected chi connectivity index (χ1v) is 5.87. The van der Waals surface area contributed by atoms with Gasteiger partial charge in [-0.05, 0) is 20.8 Å². The van der Waals surface area contributed by atoms with Crippen LogP contribution in [0.4, 0.5) is 0 Å². The highest BCUT2D eigenvalue weighted by molar-refractivity contribution is 6.17. The SMILES string of the molecule is CCOC(=O)C(C(=O)C[C@H](C)O)C(=O)C[C@H](C)O. The quantitative estimate of drug-likeness (QED) is 0.465. The van der Waals surface area contributed by atoms with E-state index in [1.165, 1.54) is 13.8 Å². The van der Waals surface area contributed by atoms with Gasteiger partial charge in [0.1, 0.15) is 0 Å². The van der Waals surface area contributed by atoms with Crippen LogP contribution in [0.25, 0.3) is 0 Å². The minimum Gasteiger partial charge on any atom is -0.465 e. The lowest BCUT2D eigenvalue weighted by molar-refractivity contribution is -0.155. The molecule has 0 spiro atoms. The Morgan fingerprint density at radius 3 is 1.67 bits per heavy atom. The van der Waals surface area contributed by atoms with Crippen LogP contribution in [0.1, 0.15) is 33.6 Å². The Hall–Kier alpha value is -1.27. The van der Waals surface area contributed by atoms with E-state index in [2.05, 4.69) is 4.74 Å². The Labute approximate surface area is 106 Å². The number of rotatable bonds is 8. The number of esters is 1. The van der Waals surface area contributed by atoms with Gasteiger partial charge in [0.15, 0.2) is 17.5 Å². The zero-order valence-corrected chi connectivity index (χ0v) is 10.9. The standard InChI is InChI=1S/C12H20O6/c1-4-18-12(17)11(9(15)5-7(2)13)10(16)6-8(3)14/h7-8,11,13-14H,4-6H2,1-3H3/t7-,8-/m0/s1. The fourth-order valence-corrected chi connectivity index (χ4v) is 1.49. The number of Topliss-reactive ketones (excluding diaryl/α,β-unsaturated/α-hetero) is 2. The molecule has 6 nitrogen and oxygen atoms in total. The Kier molecular flexibility index (Phi) is 7.38. The van der Waals surface area contributed by atoms with Gasteiger partial charge in [-0.25, -0.2) is 0 Å². The van der Waals surface area contributed by atoms with Crippen molar-refractivity contribution in [3.63, 3.8) is 0 Å². The number of carbonyl (C=O) groups is 3. The van der Waals surface area contributed by atoms with Crippen molar-refractivity contribution in [1.29, 1.82) is 0 Å². The molecular formula is C12H20O6. The van der Waals surface area contributed by atoms with Gasteiger partial charge in [-0.15, -0.1) is 0 Å². The molecule has 0 bridgehead atoms. The summed E-state index contributed by atoms with van der Waals surface area (Å²) >= 11 is 0. The van der Waals surface area contributed by atoms with Gasteiger partial charge in [-0.1, -0.05) is 0 Å². The fraction of sp³-hybridized carbons (Fsp3) is 0.750. The second-order valence-corrected chi connectivity index (χ2v) is 4.22. The number of aliphatic hydroxyl groups excluding tert-OH is 2. The van der Waals surface area contributed by atoms with Gasteiger partial charge in [0, 0.05) is 12.8 Å². The molecule has 0 aromatic heterocycles. The molecule has 6 heteroatoms. The first-order chi connectivity index (χ1) is 8.29. The summed E-state index contributed by atoms with van der Waals surface area (Å²) in [6, 6.07) is 0. The van der Waals surface area contributed by atoms with Crippen molar-refractivity contribution < 1.29 is 29.3 Å². The highest BCUT2D eigenvalue weighted by Crippen LogP contribution is 2.12. The van der Waals surface area contributed by atoms with Crippen molar-refractivity contribution in [2.24, 2.45) is 5.92 Å². The summed E-state index contributed by atoms with van der Waals surface area (Å²) in [7, 11) is 0. The Morgan fingerprint density at radius 2 is 1.39 bits per heavy atom. The normalized spacial score (nSPS) is 14.1. The molecule has 0 fully saturated rings. The number of ether oxygens (including phenoxy) is 1. The maximum Gasteiger partial charge on any atom is 0.324 e. The molecule has 0 rings (SSSR count). The van der Waals surface area contributed by atoms with Crippen molar-refractivity contribution in [3.8, 4) is 0 Å². The van der Waals surface area contributed by atoms with Crippen LogP contribution in [0.2, 0.25) is 0 Å². The number of hydrogen-bond donors (Lipinski definition) is 2. The van der Waals surface area contributed by atoms with E-state index in [0.717, 1.165) is 0 Å². The molecule has 0 aromatic carbocycles. The molecule has 2 N–H and O–H groups in total. The van der Waals surface area contributed by atoms with E-state index in [9.17, 15) is 14.4 Å². The minimum absolute atomic E-state index is 0.0548. The summed E-state index contributed by atoms with van der Waals surface area (Å²) in [6.07, 6.45) is -2.47. The fourth-order valence-electron chi connectivity index (χ4n) is 1.49. The van der Waals surface area contributed by atoms with Crippen LogP contribution in [0, 0.1) is 5.92 Å². The number of aliphatic hydroxyl groups is 2. The number of ketones is 2. The molecule has 0 aliphatic carbocycles. The van der Waals surface area contributed by atoms with Crippen molar-refractivity contribution >= 4 is 17.5 Å². The second-order valence-electron chi connectivity index (χ2n) is 4.22. The van der Waals surface area contributed by atoms with Crippen molar-refractivity contribution in [1.82, 2.24) is 0 Å². The molecule has 2 atom stereocenters. The first-order valence-electron chi connectivity index (χ1n) is 5.87. The summed E-state index contributed by atoms with van der Waals surface area (Å²) in [5, 5.41) is 18.2. The van der Waals surface area contributed by atoms with E-state index >= 15 is 0 Å². The maximum atomic E-state index is 11.7. The summed E-state index contributed by atoms with van der Waals surface area (Å²) < 4.78 is 4.67. The lowest BCUT2D eigenvalue weighted by Crippen LogP contribution is -2.36. The third-order valence-corrected chi connectivity index (χ3v) is 2.16. The zero-order valence-electron chi connectivity index (χ0n) is 10.9. The molecule has 0 aromatic rings. The van der Waals surface area contributed by atoms with Crippen LogP contribution in [-0.2, 0) is 19.1 Å². The highest BCUT2D eigenvalue weighted by atomic mass is 16.5. The molecule has 0 aliphatic heterocycles. The number of hydrogen-bond acceptors (Lipinski definition) is 6. The van der Waals surface area contributed by atoms with Gasteiger partial charge in [-0.2, -0.15) is 0 Å². The lowest BCUT2D eigenvalue weighted by Gasteiger charge is -2.15. The third-order valence-electron chi connectivity index (χ3n) is 2.16. The van der Waals surface area contributed by atoms with E-state index in [4.69, 9.17) is 10.2 Å². The van der Waals surface area contributed by atoms with E-state index in [1.54, 1.807) is 6.92 Å².